The Morgan fingerprint density at radius 1 is 0.933 bits per heavy atom. The summed E-state index contributed by atoms with van der Waals surface area (Å²) in [4.78, 5) is 20.1. The summed E-state index contributed by atoms with van der Waals surface area (Å²) in [6.07, 6.45) is 0. The lowest BCUT2D eigenvalue weighted by Gasteiger charge is -2.28. The topological polar surface area (TPSA) is 44.7 Å². The van der Waals surface area contributed by atoms with Gasteiger partial charge in [-0.2, -0.15) is 0 Å². The zero-order valence-electron chi connectivity index (χ0n) is 16.3. The molecule has 1 amide bonds. The molecular formula is C25H20FN3O. The van der Waals surface area contributed by atoms with Crippen LogP contribution in [0.5, 0.6) is 0 Å². The summed E-state index contributed by atoms with van der Waals surface area (Å²) in [6.45, 7) is 1.13. The van der Waals surface area contributed by atoms with E-state index in [-0.39, 0.29) is 11.7 Å². The smallest absolute Gasteiger partial charge is 0.275 e. The number of para-hydroxylation sites is 1. The molecule has 3 aromatic rings. The maximum absolute atomic E-state index is 14.2. The van der Waals surface area contributed by atoms with Crippen LogP contribution in [0.25, 0.3) is 0 Å². The molecule has 0 bridgehead atoms. The lowest BCUT2D eigenvalue weighted by Crippen LogP contribution is -2.33. The summed E-state index contributed by atoms with van der Waals surface area (Å²) in [5.74, 6) is -0.460. The molecule has 148 valence electrons. The Morgan fingerprint density at radius 3 is 2.40 bits per heavy atom. The van der Waals surface area contributed by atoms with Crippen LogP contribution >= 0.6 is 0 Å². The molecule has 3 aromatic carbocycles. The first-order chi connectivity index (χ1) is 14.7. The average molecular weight is 397 g/mol. The van der Waals surface area contributed by atoms with Gasteiger partial charge >= 0.3 is 0 Å². The molecule has 5 rings (SSSR count). The lowest BCUT2D eigenvalue weighted by molar-refractivity contribution is -0.115. The molecule has 1 atom stereocenters. The van der Waals surface area contributed by atoms with E-state index in [0.29, 0.717) is 24.4 Å². The van der Waals surface area contributed by atoms with E-state index >= 15 is 0 Å². The Bertz CT molecular complexity index is 1160. The predicted molar refractivity (Wildman–Crippen MR) is 116 cm³/mol. The maximum Gasteiger partial charge on any atom is 0.275 e. The first kappa shape index (κ1) is 18.3. The fourth-order valence-electron chi connectivity index (χ4n) is 4.16. The third-order valence-corrected chi connectivity index (χ3v) is 5.42. The SMILES string of the molecule is O=C1C2=C(C(c3ccccc3)=NCCN2)[C@H](c2cccc(F)c2)N1c1ccccc1. The second-order valence-electron chi connectivity index (χ2n) is 7.28. The van der Waals surface area contributed by atoms with Crippen molar-refractivity contribution in [2.75, 3.05) is 18.0 Å². The van der Waals surface area contributed by atoms with Crippen LogP contribution in [0, 0.1) is 5.82 Å². The van der Waals surface area contributed by atoms with E-state index < -0.39 is 6.04 Å². The molecule has 0 saturated heterocycles. The van der Waals surface area contributed by atoms with Gasteiger partial charge < -0.3 is 5.32 Å². The third kappa shape index (κ3) is 3.08. The molecule has 5 heteroatoms. The van der Waals surface area contributed by atoms with E-state index in [1.54, 1.807) is 11.0 Å². The van der Waals surface area contributed by atoms with E-state index in [1.165, 1.54) is 12.1 Å². The number of carbonyl (C=O) groups is 1. The molecule has 0 aliphatic carbocycles. The Balaban J connectivity index is 1.74. The van der Waals surface area contributed by atoms with Crippen molar-refractivity contribution >= 4 is 17.3 Å². The highest BCUT2D eigenvalue weighted by Gasteiger charge is 2.43. The van der Waals surface area contributed by atoms with Crippen LogP contribution in [-0.4, -0.2) is 24.7 Å². The highest BCUT2D eigenvalue weighted by molar-refractivity contribution is 6.23. The predicted octanol–water partition coefficient (Wildman–Crippen LogP) is 4.26. The van der Waals surface area contributed by atoms with Gasteiger partial charge in [0.15, 0.2) is 0 Å². The van der Waals surface area contributed by atoms with Gasteiger partial charge in [0.2, 0.25) is 0 Å². The number of benzene rings is 3. The normalized spacial score (nSPS) is 18.6. The average Bonchev–Trinajstić information content (AvgIpc) is 2.93. The number of hydrogen-bond donors (Lipinski definition) is 1. The van der Waals surface area contributed by atoms with Crippen molar-refractivity contribution in [3.63, 3.8) is 0 Å². The molecule has 30 heavy (non-hydrogen) atoms. The minimum Gasteiger partial charge on any atom is -0.378 e. The Labute approximate surface area is 174 Å². The van der Waals surface area contributed by atoms with Crippen LogP contribution < -0.4 is 10.2 Å². The number of aliphatic imine (C=N–C) groups is 1. The number of nitrogens with zero attached hydrogens (tertiary/aromatic N) is 2. The Morgan fingerprint density at radius 2 is 1.67 bits per heavy atom. The summed E-state index contributed by atoms with van der Waals surface area (Å²) in [5, 5.41) is 3.29. The van der Waals surface area contributed by atoms with Gasteiger partial charge in [-0.1, -0.05) is 60.7 Å². The number of nitrogens with one attached hydrogen (secondary N) is 1. The number of anilines is 1. The molecule has 4 nitrogen and oxygen atoms in total. The molecule has 0 radical (unpaired) electrons. The van der Waals surface area contributed by atoms with Gasteiger partial charge in [-0.3, -0.25) is 14.7 Å². The first-order valence-corrected chi connectivity index (χ1v) is 9.96. The van der Waals surface area contributed by atoms with Gasteiger partial charge in [-0.25, -0.2) is 4.39 Å². The van der Waals surface area contributed by atoms with Crippen molar-refractivity contribution in [2.24, 2.45) is 4.99 Å². The number of rotatable bonds is 3. The highest BCUT2D eigenvalue weighted by Crippen LogP contribution is 2.42. The Kier molecular flexibility index (Phi) is 4.64. The first-order valence-electron chi connectivity index (χ1n) is 9.96. The van der Waals surface area contributed by atoms with Crippen LogP contribution in [0.2, 0.25) is 0 Å². The Hall–Kier alpha value is -3.73. The van der Waals surface area contributed by atoms with Crippen molar-refractivity contribution < 1.29 is 9.18 Å². The van der Waals surface area contributed by atoms with E-state index in [1.807, 2.05) is 66.7 Å². The fraction of sp³-hybridized carbons (Fsp3) is 0.120. The molecule has 0 unspecified atom stereocenters. The molecule has 0 spiro atoms. The monoisotopic (exact) mass is 397 g/mol. The van der Waals surface area contributed by atoms with Crippen molar-refractivity contribution in [3.05, 3.63) is 113 Å². The maximum atomic E-state index is 14.2. The van der Waals surface area contributed by atoms with E-state index in [4.69, 9.17) is 4.99 Å². The number of carbonyl (C=O) groups excluding carboxylic acids is 1. The van der Waals surface area contributed by atoms with Gasteiger partial charge in [0, 0.05) is 23.4 Å². The van der Waals surface area contributed by atoms with E-state index in [2.05, 4.69) is 5.32 Å². The molecule has 2 heterocycles. The minimum atomic E-state index is -0.477. The molecule has 2 aliphatic heterocycles. The van der Waals surface area contributed by atoms with Crippen molar-refractivity contribution in [1.29, 1.82) is 0 Å². The summed E-state index contributed by atoms with van der Waals surface area (Å²) in [5.41, 5.74) is 4.52. The van der Waals surface area contributed by atoms with Crippen molar-refractivity contribution in [2.45, 2.75) is 6.04 Å². The van der Waals surface area contributed by atoms with E-state index in [9.17, 15) is 9.18 Å². The number of amides is 1. The standard InChI is InChI=1S/C25H20FN3O/c26-19-11-7-10-18(16-19)24-21-22(17-8-3-1-4-9-17)27-14-15-28-23(21)25(30)29(24)20-12-5-2-6-13-20/h1-13,16,24,28H,14-15H2/t24-/m0/s1. The van der Waals surface area contributed by atoms with Gasteiger partial charge in [0.25, 0.3) is 5.91 Å². The van der Waals surface area contributed by atoms with Gasteiger partial charge in [-0.15, -0.1) is 0 Å². The molecular weight excluding hydrogens is 377 g/mol. The largest absolute Gasteiger partial charge is 0.378 e. The summed E-state index contributed by atoms with van der Waals surface area (Å²) < 4.78 is 14.2. The van der Waals surface area contributed by atoms with Crippen LogP contribution in [0.3, 0.4) is 0 Å². The lowest BCUT2D eigenvalue weighted by atomic mass is 9.91. The van der Waals surface area contributed by atoms with Crippen LogP contribution in [-0.2, 0) is 4.79 Å². The molecule has 0 aromatic heterocycles. The van der Waals surface area contributed by atoms with Gasteiger partial charge in [0.05, 0.1) is 18.3 Å². The molecule has 0 saturated carbocycles. The molecule has 2 aliphatic rings. The second-order valence-corrected chi connectivity index (χ2v) is 7.28. The summed E-state index contributed by atoms with van der Waals surface area (Å²) in [7, 11) is 0. The summed E-state index contributed by atoms with van der Waals surface area (Å²) in [6, 6.07) is 25.3. The highest BCUT2D eigenvalue weighted by atomic mass is 19.1. The third-order valence-electron chi connectivity index (χ3n) is 5.42. The van der Waals surface area contributed by atoms with Crippen LogP contribution in [0.1, 0.15) is 17.2 Å². The van der Waals surface area contributed by atoms with E-state index in [0.717, 1.165) is 22.5 Å². The van der Waals surface area contributed by atoms with Crippen LogP contribution in [0.4, 0.5) is 10.1 Å². The van der Waals surface area contributed by atoms with Crippen molar-refractivity contribution in [1.82, 2.24) is 5.32 Å². The summed E-state index contributed by atoms with van der Waals surface area (Å²) >= 11 is 0. The molecule has 1 N–H and O–H groups in total. The zero-order chi connectivity index (χ0) is 20.5. The van der Waals surface area contributed by atoms with Crippen molar-refractivity contribution in [3.8, 4) is 0 Å². The number of halogens is 1. The number of hydrogen-bond acceptors (Lipinski definition) is 3. The quantitative estimate of drug-likeness (QED) is 0.718. The van der Waals surface area contributed by atoms with Gasteiger partial charge in [0.1, 0.15) is 11.5 Å². The second kappa shape index (κ2) is 7.59. The zero-order valence-corrected chi connectivity index (χ0v) is 16.3. The molecule has 0 fully saturated rings. The van der Waals surface area contributed by atoms with Gasteiger partial charge in [-0.05, 0) is 29.8 Å². The fourth-order valence-corrected chi connectivity index (χ4v) is 4.16. The van der Waals surface area contributed by atoms with Crippen LogP contribution in [0.15, 0.2) is 101 Å². The minimum absolute atomic E-state index is 0.129.